The van der Waals surface area contributed by atoms with Crippen LogP contribution in [-0.2, 0) is 4.74 Å². The van der Waals surface area contributed by atoms with E-state index in [1.54, 1.807) is 18.2 Å². The molecule has 2 atom stereocenters. The maximum Gasteiger partial charge on any atom is 0.254 e. The zero-order valence-electron chi connectivity index (χ0n) is 18.8. The fraction of sp³-hybridized carbons (Fsp3) is 0.480. The van der Waals surface area contributed by atoms with Crippen molar-refractivity contribution in [1.82, 2.24) is 9.80 Å². The van der Waals surface area contributed by atoms with Crippen LogP contribution in [0.15, 0.2) is 48.5 Å². The van der Waals surface area contributed by atoms with Crippen LogP contribution in [-0.4, -0.2) is 73.0 Å². The summed E-state index contributed by atoms with van der Waals surface area (Å²) in [5.74, 6) is 1.56. The van der Waals surface area contributed by atoms with E-state index in [2.05, 4.69) is 18.7 Å². The van der Waals surface area contributed by atoms with Crippen LogP contribution < -0.4 is 9.47 Å². The minimum atomic E-state index is -0.544. The second-order valence-corrected chi connectivity index (χ2v) is 8.85. The maximum atomic E-state index is 13.3. The van der Waals surface area contributed by atoms with Crippen molar-refractivity contribution in [3.8, 4) is 11.5 Å². The Balaban J connectivity index is 1.40. The van der Waals surface area contributed by atoms with E-state index in [4.69, 9.17) is 14.2 Å². The molecule has 0 aromatic heterocycles. The van der Waals surface area contributed by atoms with E-state index in [9.17, 15) is 9.90 Å². The van der Waals surface area contributed by atoms with Crippen molar-refractivity contribution in [1.29, 1.82) is 0 Å². The highest BCUT2D eigenvalue weighted by molar-refractivity contribution is 5.95. The van der Waals surface area contributed by atoms with Crippen LogP contribution in [0.3, 0.4) is 0 Å². The SMILES string of the molecule is CC(C)CN(CC1CN(CC(O)c2ccccc2)CCO1)C(=O)c1ccc2c(c1)OCO2. The average molecular weight is 441 g/mol. The number of nitrogens with zero attached hydrogens (tertiary/aromatic N) is 2. The lowest BCUT2D eigenvalue weighted by molar-refractivity contribution is -0.0514. The van der Waals surface area contributed by atoms with Gasteiger partial charge in [-0.2, -0.15) is 0 Å². The molecule has 1 fully saturated rings. The molecule has 32 heavy (non-hydrogen) atoms. The first-order chi connectivity index (χ1) is 15.5. The predicted molar refractivity (Wildman–Crippen MR) is 121 cm³/mol. The van der Waals surface area contributed by atoms with Crippen molar-refractivity contribution in [3.63, 3.8) is 0 Å². The first kappa shape index (κ1) is 22.6. The first-order valence-electron chi connectivity index (χ1n) is 11.3. The number of morpholine rings is 1. The van der Waals surface area contributed by atoms with Crippen LogP contribution in [0.2, 0.25) is 0 Å². The predicted octanol–water partition coefficient (Wildman–Crippen LogP) is 2.95. The van der Waals surface area contributed by atoms with E-state index in [1.807, 2.05) is 35.2 Å². The van der Waals surface area contributed by atoms with E-state index in [0.717, 1.165) is 12.1 Å². The second kappa shape index (κ2) is 10.3. The number of amides is 1. The zero-order chi connectivity index (χ0) is 22.5. The number of aliphatic hydroxyl groups excluding tert-OH is 1. The minimum Gasteiger partial charge on any atom is -0.454 e. The normalized spacial score (nSPS) is 19.2. The van der Waals surface area contributed by atoms with Gasteiger partial charge in [-0.05, 0) is 29.7 Å². The smallest absolute Gasteiger partial charge is 0.254 e. The van der Waals surface area contributed by atoms with Gasteiger partial charge < -0.3 is 24.2 Å². The van der Waals surface area contributed by atoms with Gasteiger partial charge in [0.2, 0.25) is 6.79 Å². The van der Waals surface area contributed by atoms with Crippen molar-refractivity contribution < 1.29 is 24.1 Å². The molecule has 0 aliphatic carbocycles. The largest absolute Gasteiger partial charge is 0.454 e. The molecule has 2 aliphatic heterocycles. The highest BCUT2D eigenvalue weighted by atomic mass is 16.7. The molecule has 2 heterocycles. The molecular weight excluding hydrogens is 408 g/mol. The van der Waals surface area contributed by atoms with Crippen LogP contribution in [0.5, 0.6) is 11.5 Å². The van der Waals surface area contributed by atoms with Crippen LogP contribution in [0.25, 0.3) is 0 Å². The van der Waals surface area contributed by atoms with Crippen LogP contribution in [0, 0.1) is 5.92 Å². The van der Waals surface area contributed by atoms with E-state index >= 15 is 0 Å². The molecule has 0 radical (unpaired) electrons. The van der Waals surface area contributed by atoms with Gasteiger partial charge in [0.25, 0.3) is 5.91 Å². The molecule has 2 aromatic rings. The Kier molecular flexibility index (Phi) is 7.29. The molecule has 2 aliphatic rings. The van der Waals surface area contributed by atoms with Gasteiger partial charge in [-0.3, -0.25) is 9.69 Å². The standard InChI is InChI=1S/C25H32N2O5/c1-18(2)13-27(25(29)20-8-9-23-24(12-20)32-17-31-23)15-21-14-26(10-11-30-21)16-22(28)19-6-4-3-5-7-19/h3-9,12,18,21-22,28H,10-11,13-17H2,1-2H3. The lowest BCUT2D eigenvalue weighted by Gasteiger charge is -2.37. The highest BCUT2D eigenvalue weighted by Gasteiger charge is 2.28. The van der Waals surface area contributed by atoms with Gasteiger partial charge in [-0.1, -0.05) is 44.2 Å². The molecular formula is C25H32N2O5. The third kappa shape index (κ3) is 5.59. The van der Waals surface area contributed by atoms with Crippen molar-refractivity contribution in [3.05, 3.63) is 59.7 Å². The number of hydrogen-bond acceptors (Lipinski definition) is 6. The number of ether oxygens (including phenoxy) is 3. The number of carbonyl (C=O) groups is 1. The summed E-state index contributed by atoms with van der Waals surface area (Å²) in [5, 5.41) is 10.6. The fourth-order valence-electron chi connectivity index (χ4n) is 4.22. The monoisotopic (exact) mass is 440 g/mol. The van der Waals surface area contributed by atoms with Gasteiger partial charge in [0.1, 0.15) is 0 Å². The van der Waals surface area contributed by atoms with E-state index < -0.39 is 6.10 Å². The number of benzene rings is 2. The van der Waals surface area contributed by atoms with Gasteiger partial charge in [-0.25, -0.2) is 0 Å². The molecule has 2 unspecified atom stereocenters. The Bertz CT molecular complexity index is 904. The molecule has 0 bridgehead atoms. The summed E-state index contributed by atoms with van der Waals surface area (Å²) in [6, 6.07) is 15.0. The summed E-state index contributed by atoms with van der Waals surface area (Å²) in [7, 11) is 0. The molecule has 1 N–H and O–H groups in total. The molecule has 7 heteroatoms. The highest BCUT2D eigenvalue weighted by Crippen LogP contribution is 2.33. The van der Waals surface area contributed by atoms with Crippen molar-refractivity contribution in [2.75, 3.05) is 46.1 Å². The van der Waals surface area contributed by atoms with E-state index in [-0.39, 0.29) is 18.8 Å². The molecule has 1 saturated heterocycles. The van der Waals surface area contributed by atoms with Gasteiger partial charge in [-0.15, -0.1) is 0 Å². The number of rotatable bonds is 8. The number of carbonyl (C=O) groups excluding carboxylic acids is 1. The third-order valence-corrected chi connectivity index (χ3v) is 5.75. The maximum absolute atomic E-state index is 13.3. The summed E-state index contributed by atoms with van der Waals surface area (Å²) >= 11 is 0. The average Bonchev–Trinajstić information content (AvgIpc) is 3.26. The number of hydrogen-bond donors (Lipinski definition) is 1. The quantitative estimate of drug-likeness (QED) is 0.681. The van der Waals surface area contributed by atoms with Crippen LogP contribution in [0.1, 0.15) is 35.9 Å². The lowest BCUT2D eigenvalue weighted by atomic mass is 10.1. The number of aliphatic hydroxyl groups is 1. The van der Waals surface area contributed by atoms with E-state index in [0.29, 0.717) is 55.8 Å². The molecule has 7 nitrogen and oxygen atoms in total. The first-order valence-corrected chi connectivity index (χ1v) is 11.3. The third-order valence-electron chi connectivity index (χ3n) is 5.75. The van der Waals surface area contributed by atoms with E-state index in [1.165, 1.54) is 0 Å². The topological polar surface area (TPSA) is 71.5 Å². The lowest BCUT2D eigenvalue weighted by Crippen LogP contribution is -2.50. The van der Waals surface area contributed by atoms with Crippen LogP contribution in [0.4, 0.5) is 0 Å². The molecule has 0 spiro atoms. The van der Waals surface area contributed by atoms with Crippen LogP contribution >= 0.6 is 0 Å². The van der Waals surface area contributed by atoms with Crippen molar-refractivity contribution in [2.45, 2.75) is 26.1 Å². The Hall–Kier alpha value is -2.61. The minimum absolute atomic E-state index is 0.0398. The zero-order valence-corrected chi connectivity index (χ0v) is 18.8. The second-order valence-electron chi connectivity index (χ2n) is 8.85. The number of β-amino-alcohol motifs (C(OH)–C–C–N with tert-alkyl or cyclic N) is 1. The van der Waals surface area contributed by atoms with Crippen molar-refractivity contribution >= 4 is 5.91 Å². The van der Waals surface area contributed by atoms with Gasteiger partial charge in [0.05, 0.1) is 18.8 Å². The van der Waals surface area contributed by atoms with Gasteiger partial charge >= 0.3 is 0 Å². The van der Waals surface area contributed by atoms with Gasteiger partial charge in [0, 0.05) is 38.3 Å². The Morgan fingerprint density at radius 3 is 2.72 bits per heavy atom. The summed E-state index contributed by atoms with van der Waals surface area (Å²) in [6.07, 6.45) is -0.652. The molecule has 2 aromatic carbocycles. The summed E-state index contributed by atoms with van der Waals surface area (Å²) in [6.45, 7) is 8.10. The summed E-state index contributed by atoms with van der Waals surface area (Å²) in [5.41, 5.74) is 1.50. The number of fused-ring (bicyclic) bond motifs is 1. The molecule has 0 saturated carbocycles. The Morgan fingerprint density at radius 1 is 1.16 bits per heavy atom. The summed E-state index contributed by atoms with van der Waals surface area (Å²) < 4.78 is 16.8. The molecule has 1 amide bonds. The van der Waals surface area contributed by atoms with Gasteiger partial charge in [0.15, 0.2) is 11.5 Å². The summed E-state index contributed by atoms with van der Waals surface area (Å²) in [4.78, 5) is 17.4. The Morgan fingerprint density at radius 2 is 1.94 bits per heavy atom. The molecule has 4 rings (SSSR count). The molecule has 172 valence electrons. The Labute approximate surface area is 189 Å². The van der Waals surface area contributed by atoms with Crippen molar-refractivity contribution in [2.24, 2.45) is 5.92 Å². The fourth-order valence-corrected chi connectivity index (χ4v) is 4.22.